The van der Waals surface area contributed by atoms with E-state index in [9.17, 15) is 18.0 Å². The quantitative estimate of drug-likeness (QED) is 0.645. The van der Waals surface area contributed by atoms with Gasteiger partial charge in [0.15, 0.2) is 0 Å². The third-order valence-corrected chi connectivity index (χ3v) is 6.58. The maximum absolute atomic E-state index is 12.6. The number of nitrogens with zero attached hydrogens (tertiary/aromatic N) is 1. The van der Waals surface area contributed by atoms with Crippen LogP contribution in [-0.4, -0.2) is 62.8 Å². The highest BCUT2D eigenvalue weighted by molar-refractivity contribution is 7.89. The van der Waals surface area contributed by atoms with Crippen LogP contribution in [0, 0.1) is 0 Å². The molecule has 2 unspecified atom stereocenters. The number of nitrogens with one attached hydrogen (secondary N) is 3. The molecule has 27 heavy (non-hydrogen) atoms. The van der Waals surface area contributed by atoms with Gasteiger partial charge in [-0.15, -0.1) is 12.4 Å². The van der Waals surface area contributed by atoms with Crippen molar-refractivity contribution in [2.75, 3.05) is 26.2 Å². The highest BCUT2D eigenvalue weighted by Crippen LogP contribution is 2.17. The molecule has 2 fully saturated rings. The zero-order valence-electron chi connectivity index (χ0n) is 15.1. The van der Waals surface area contributed by atoms with Crippen molar-refractivity contribution in [2.45, 2.75) is 36.7 Å². The van der Waals surface area contributed by atoms with Gasteiger partial charge in [-0.1, -0.05) is 0 Å². The van der Waals surface area contributed by atoms with Gasteiger partial charge < -0.3 is 16.0 Å². The molecule has 2 aliphatic rings. The molecule has 10 heteroatoms. The Morgan fingerprint density at radius 2 is 1.93 bits per heavy atom. The van der Waals surface area contributed by atoms with E-state index in [0.717, 1.165) is 23.7 Å². The lowest BCUT2D eigenvalue weighted by Crippen LogP contribution is -2.49. The van der Waals surface area contributed by atoms with E-state index in [1.54, 1.807) is 0 Å². The summed E-state index contributed by atoms with van der Waals surface area (Å²) in [5, 5.41) is 8.93. The minimum absolute atomic E-state index is 0. The van der Waals surface area contributed by atoms with Gasteiger partial charge in [-0.05, 0) is 50.6 Å². The first-order valence-corrected chi connectivity index (χ1v) is 10.2. The summed E-state index contributed by atoms with van der Waals surface area (Å²) in [5.41, 5.74) is 0.423. The summed E-state index contributed by atoms with van der Waals surface area (Å²) in [5.74, 6) is -0.516. The number of carbonyl (C=O) groups excluding carboxylic acids is 2. The smallest absolute Gasteiger partial charge is 0.251 e. The number of benzene rings is 1. The third-order valence-electron chi connectivity index (χ3n) is 4.72. The maximum atomic E-state index is 12.6. The first kappa shape index (κ1) is 21.6. The zero-order valence-corrected chi connectivity index (χ0v) is 16.7. The van der Waals surface area contributed by atoms with Gasteiger partial charge in [0.25, 0.3) is 5.91 Å². The Hall–Kier alpha value is -1.68. The fourth-order valence-electron chi connectivity index (χ4n) is 3.28. The van der Waals surface area contributed by atoms with Gasteiger partial charge in [0.2, 0.25) is 15.9 Å². The van der Waals surface area contributed by atoms with Gasteiger partial charge in [-0.2, -0.15) is 4.31 Å². The molecule has 0 saturated carbocycles. The summed E-state index contributed by atoms with van der Waals surface area (Å²) in [6.07, 6.45) is 1.74. The fourth-order valence-corrected chi connectivity index (χ4v) is 4.68. The highest BCUT2D eigenvalue weighted by Gasteiger charge is 2.29. The van der Waals surface area contributed by atoms with Crippen LogP contribution in [0.2, 0.25) is 0 Å². The lowest BCUT2D eigenvalue weighted by Gasteiger charge is -2.28. The summed E-state index contributed by atoms with van der Waals surface area (Å²) in [6.45, 7) is 3.31. The van der Waals surface area contributed by atoms with Crippen LogP contribution in [0.4, 0.5) is 0 Å². The lowest BCUT2D eigenvalue weighted by atomic mass is 10.0. The van der Waals surface area contributed by atoms with Crippen LogP contribution < -0.4 is 16.0 Å². The topological polar surface area (TPSA) is 108 Å². The summed E-state index contributed by atoms with van der Waals surface area (Å²) in [7, 11) is -3.74. The molecule has 1 aromatic rings. The summed E-state index contributed by atoms with van der Waals surface area (Å²) < 4.78 is 26.4. The number of piperazine rings is 1. The van der Waals surface area contributed by atoms with E-state index in [-0.39, 0.29) is 48.2 Å². The van der Waals surface area contributed by atoms with E-state index < -0.39 is 10.0 Å². The monoisotopic (exact) mass is 416 g/mol. The van der Waals surface area contributed by atoms with E-state index in [1.165, 1.54) is 24.3 Å². The number of hydrogen-bond donors (Lipinski definition) is 3. The van der Waals surface area contributed by atoms with Crippen LogP contribution in [0.25, 0.3) is 0 Å². The molecule has 2 heterocycles. The van der Waals surface area contributed by atoms with Crippen molar-refractivity contribution in [2.24, 2.45) is 0 Å². The third kappa shape index (κ3) is 5.19. The van der Waals surface area contributed by atoms with Crippen LogP contribution in [0.15, 0.2) is 29.2 Å². The largest absolute Gasteiger partial charge is 0.354 e. The first-order valence-electron chi connectivity index (χ1n) is 8.77. The van der Waals surface area contributed by atoms with Crippen molar-refractivity contribution in [3.8, 4) is 0 Å². The van der Waals surface area contributed by atoms with Crippen molar-refractivity contribution in [1.29, 1.82) is 0 Å². The van der Waals surface area contributed by atoms with Crippen LogP contribution in [0.1, 0.15) is 30.1 Å². The van der Waals surface area contributed by atoms with E-state index in [4.69, 9.17) is 0 Å². The minimum Gasteiger partial charge on any atom is -0.354 e. The second-order valence-corrected chi connectivity index (χ2v) is 8.70. The molecule has 0 bridgehead atoms. The normalized spacial score (nSPS) is 23.8. The average Bonchev–Trinajstić information content (AvgIpc) is 2.62. The first-order chi connectivity index (χ1) is 12.4. The number of rotatable bonds is 4. The van der Waals surface area contributed by atoms with Gasteiger partial charge in [-0.25, -0.2) is 8.42 Å². The lowest BCUT2D eigenvalue weighted by molar-refractivity contribution is -0.122. The number of piperidine rings is 1. The van der Waals surface area contributed by atoms with Crippen molar-refractivity contribution in [1.82, 2.24) is 20.3 Å². The Morgan fingerprint density at radius 1 is 1.22 bits per heavy atom. The molecule has 0 aromatic heterocycles. The van der Waals surface area contributed by atoms with Crippen LogP contribution in [-0.2, 0) is 14.8 Å². The molecule has 2 atom stereocenters. The van der Waals surface area contributed by atoms with Crippen molar-refractivity contribution >= 4 is 34.2 Å². The Morgan fingerprint density at radius 3 is 2.56 bits per heavy atom. The second kappa shape index (κ2) is 9.01. The number of halogens is 1. The molecule has 1 aromatic carbocycles. The standard InChI is InChI=1S/C17H24N4O4S.ClH/c1-12-10-14(6-7-18-12)20-17(23)13-2-4-15(5-3-13)26(24,25)21-9-8-19-16(22)11-21;/h2-5,12,14,18H,6-11H2,1H3,(H,19,22)(H,20,23);1H. The summed E-state index contributed by atoms with van der Waals surface area (Å²) in [6, 6.07) is 6.34. The SMILES string of the molecule is CC1CC(NC(=O)c2ccc(S(=O)(=O)N3CCNC(=O)C3)cc2)CCN1.Cl. The molecule has 150 valence electrons. The molecule has 0 aliphatic carbocycles. The van der Waals surface area contributed by atoms with Gasteiger partial charge >= 0.3 is 0 Å². The Bertz CT molecular complexity index is 785. The van der Waals surface area contributed by atoms with Crippen LogP contribution in [0.3, 0.4) is 0 Å². The highest BCUT2D eigenvalue weighted by atomic mass is 35.5. The Kier molecular flexibility index (Phi) is 7.21. The van der Waals surface area contributed by atoms with Crippen LogP contribution >= 0.6 is 12.4 Å². The number of carbonyl (C=O) groups is 2. The van der Waals surface area contributed by atoms with Crippen molar-refractivity contribution in [3.05, 3.63) is 29.8 Å². The molecular weight excluding hydrogens is 392 g/mol. The van der Waals surface area contributed by atoms with E-state index in [1.807, 2.05) is 0 Å². The van der Waals surface area contributed by atoms with Crippen molar-refractivity contribution < 1.29 is 18.0 Å². The van der Waals surface area contributed by atoms with E-state index in [2.05, 4.69) is 22.9 Å². The molecule has 2 saturated heterocycles. The van der Waals surface area contributed by atoms with Crippen molar-refractivity contribution in [3.63, 3.8) is 0 Å². The number of amides is 2. The molecule has 3 N–H and O–H groups in total. The molecule has 0 radical (unpaired) electrons. The summed E-state index contributed by atoms with van der Waals surface area (Å²) >= 11 is 0. The number of sulfonamides is 1. The molecule has 0 spiro atoms. The van der Waals surface area contributed by atoms with E-state index in [0.29, 0.717) is 18.2 Å². The van der Waals surface area contributed by atoms with Gasteiger partial charge in [0.05, 0.1) is 11.4 Å². The van der Waals surface area contributed by atoms with Crippen LogP contribution in [0.5, 0.6) is 0 Å². The van der Waals surface area contributed by atoms with Gasteiger partial charge in [0.1, 0.15) is 0 Å². The molecule has 2 aliphatic heterocycles. The molecule has 3 rings (SSSR count). The second-order valence-electron chi connectivity index (χ2n) is 6.76. The Balaban J connectivity index is 0.00000261. The predicted molar refractivity (Wildman–Crippen MR) is 103 cm³/mol. The Labute approximate surface area is 165 Å². The minimum atomic E-state index is -3.74. The average molecular weight is 417 g/mol. The predicted octanol–water partition coefficient (Wildman–Crippen LogP) is 0.0992. The molecule has 2 amide bonds. The number of hydrogen-bond acceptors (Lipinski definition) is 5. The summed E-state index contributed by atoms with van der Waals surface area (Å²) in [4.78, 5) is 23.9. The molecular formula is C17H25ClN4O4S. The van der Waals surface area contributed by atoms with E-state index >= 15 is 0 Å². The maximum Gasteiger partial charge on any atom is 0.251 e. The van der Waals surface area contributed by atoms with Gasteiger partial charge in [-0.3, -0.25) is 9.59 Å². The van der Waals surface area contributed by atoms with Gasteiger partial charge in [0, 0.05) is 30.7 Å². The molecule has 8 nitrogen and oxygen atoms in total. The zero-order chi connectivity index (χ0) is 18.7. The fraction of sp³-hybridized carbons (Fsp3) is 0.529.